The zero-order chi connectivity index (χ0) is 24.6. The number of carboxylic acid groups (broad SMARTS) is 1. The first kappa shape index (κ1) is 27.3. The summed E-state index contributed by atoms with van der Waals surface area (Å²) in [7, 11) is 0. The van der Waals surface area contributed by atoms with Gasteiger partial charge in [-0.15, -0.1) is 0 Å². The molecule has 0 heterocycles. The van der Waals surface area contributed by atoms with Gasteiger partial charge < -0.3 is 24.4 Å². The number of carboxylic acids is 1. The van der Waals surface area contributed by atoms with E-state index in [1.165, 1.54) is 13.8 Å². The SMILES string of the molecule is C[C@H](O)C(=O)OCc1ccccc1.C[C@H](OC(=O)CCC(=O)O)C(=O)OCc1ccccc1. The maximum atomic E-state index is 11.6. The molecule has 0 unspecified atom stereocenters. The molecule has 2 rings (SSSR count). The molecular formula is C24H28O9. The zero-order valence-corrected chi connectivity index (χ0v) is 18.5. The van der Waals surface area contributed by atoms with E-state index in [2.05, 4.69) is 0 Å². The van der Waals surface area contributed by atoms with Gasteiger partial charge in [-0.1, -0.05) is 60.7 Å². The lowest BCUT2D eigenvalue weighted by molar-refractivity contribution is -0.167. The van der Waals surface area contributed by atoms with Crippen LogP contribution in [0.5, 0.6) is 0 Å². The molecule has 9 nitrogen and oxygen atoms in total. The summed E-state index contributed by atoms with van der Waals surface area (Å²) in [6.07, 6.45) is -2.71. The van der Waals surface area contributed by atoms with Crippen LogP contribution in [0.15, 0.2) is 60.7 Å². The van der Waals surface area contributed by atoms with Crippen molar-refractivity contribution in [1.29, 1.82) is 0 Å². The highest BCUT2D eigenvalue weighted by Gasteiger charge is 2.19. The quantitative estimate of drug-likeness (QED) is 0.405. The molecule has 0 radical (unpaired) electrons. The Morgan fingerprint density at radius 2 is 1.21 bits per heavy atom. The summed E-state index contributed by atoms with van der Waals surface area (Å²) in [6.45, 7) is 3.07. The van der Waals surface area contributed by atoms with Crippen LogP contribution in [-0.4, -0.2) is 46.3 Å². The Balaban J connectivity index is 0.000000361. The van der Waals surface area contributed by atoms with E-state index in [0.29, 0.717) is 0 Å². The number of rotatable bonds is 10. The van der Waals surface area contributed by atoms with Gasteiger partial charge in [-0.3, -0.25) is 9.59 Å². The fourth-order valence-corrected chi connectivity index (χ4v) is 2.21. The summed E-state index contributed by atoms with van der Waals surface area (Å²) in [5.41, 5.74) is 1.74. The molecule has 2 atom stereocenters. The normalized spacial score (nSPS) is 11.7. The molecule has 2 aromatic rings. The predicted octanol–water partition coefficient (Wildman–Crippen LogP) is 2.64. The average molecular weight is 460 g/mol. The van der Waals surface area contributed by atoms with Crippen LogP contribution in [0.3, 0.4) is 0 Å². The van der Waals surface area contributed by atoms with Gasteiger partial charge in [0.25, 0.3) is 0 Å². The fraction of sp³-hybridized carbons (Fsp3) is 0.333. The summed E-state index contributed by atoms with van der Waals surface area (Å²) in [6, 6.07) is 18.4. The third kappa shape index (κ3) is 12.7. The third-order valence-electron chi connectivity index (χ3n) is 3.97. The number of aliphatic hydroxyl groups is 1. The van der Waals surface area contributed by atoms with Crippen molar-refractivity contribution >= 4 is 23.9 Å². The molecule has 2 N–H and O–H groups in total. The van der Waals surface area contributed by atoms with Crippen molar-refractivity contribution in [3.05, 3.63) is 71.8 Å². The van der Waals surface area contributed by atoms with Crippen molar-refractivity contribution in [3.8, 4) is 0 Å². The van der Waals surface area contributed by atoms with Crippen molar-refractivity contribution in [1.82, 2.24) is 0 Å². The number of aliphatic carboxylic acids is 1. The largest absolute Gasteiger partial charge is 0.481 e. The Labute approximate surface area is 191 Å². The van der Waals surface area contributed by atoms with Crippen molar-refractivity contribution in [2.45, 2.75) is 52.1 Å². The van der Waals surface area contributed by atoms with Crippen LogP contribution in [0.4, 0.5) is 0 Å². The number of ether oxygens (including phenoxy) is 3. The van der Waals surface area contributed by atoms with Crippen LogP contribution in [0.2, 0.25) is 0 Å². The molecule has 0 fully saturated rings. The Morgan fingerprint density at radius 1 is 0.758 bits per heavy atom. The number of carbonyl (C=O) groups is 4. The Morgan fingerprint density at radius 3 is 1.64 bits per heavy atom. The third-order valence-corrected chi connectivity index (χ3v) is 3.97. The highest BCUT2D eigenvalue weighted by molar-refractivity contribution is 5.81. The lowest BCUT2D eigenvalue weighted by Gasteiger charge is -2.12. The number of aliphatic hydroxyl groups excluding tert-OH is 1. The monoisotopic (exact) mass is 460 g/mol. The standard InChI is InChI=1S/C14H16O6.C10H12O3/c1-10(20-13(17)8-7-12(15)16)14(18)19-9-11-5-3-2-4-6-11;1-8(11)10(12)13-7-9-5-3-2-4-6-9/h2-6,10H,7-9H2,1H3,(H,15,16);2-6,8,11H,7H2,1H3/t10-;8-/m00/s1. The van der Waals surface area contributed by atoms with Gasteiger partial charge in [-0.2, -0.15) is 0 Å². The highest BCUT2D eigenvalue weighted by atomic mass is 16.6. The molecule has 0 aliphatic heterocycles. The minimum Gasteiger partial charge on any atom is -0.481 e. The molecule has 2 aromatic carbocycles. The Bertz CT molecular complexity index is 879. The van der Waals surface area contributed by atoms with E-state index in [0.717, 1.165) is 11.1 Å². The maximum Gasteiger partial charge on any atom is 0.347 e. The highest BCUT2D eigenvalue weighted by Crippen LogP contribution is 2.05. The Hall–Kier alpha value is -3.72. The number of hydrogen-bond donors (Lipinski definition) is 2. The molecule has 0 bridgehead atoms. The van der Waals surface area contributed by atoms with Gasteiger partial charge in [-0.05, 0) is 25.0 Å². The first-order valence-electron chi connectivity index (χ1n) is 10.2. The molecule has 0 spiro atoms. The van der Waals surface area contributed by atoms with E-state index < -0.39 is 36.1 Å². The maximum absolute atomic E-state index is 11.6. The zero-order valence-electron chi connectivity index (χ0n) is 18.5. The van der Waals surface area contributed by atoms with Gasteiger partial charge in [-0.25, -0.2) is 9.59 Å². The first-order valence-corrected chi connectivity index (χ1v) is 10.2. The molecule has 0 aliphatic carbocycles. The summed E-state index contributed by atoms with van der Waals surface area (Å²) in [5.74, 6) is -3.10. The van der Waals surface area contributed by atoms with Gasteiger partial charge in [0, 0.05) is 0 Å². The smallest absolute Gasteiger partial charge is 0.347 e. The van der Waals surface area contributed by atoms with Gasteiger partial charge in [0.1, 0.15) is 19.3 Å². The fourth-order valence-electron chi connectivity index (χ4n) is 2.21. The average Bonchev–Trinajstić information content (AvgIpc) is 2.81. The van der Waals surface area contributed by atoms with E-state index in [9.17, 15) is 19.2 Å². The molecule has 0 saturated carbocycles. The molecule has 9 heteroatoms. The minimum atomic E-state index is -1.10. The molecular weight excluding hydrogens is 432 g/mol. The van der Waals surface area contributed by atoms with Crippen LogP contribution in [-0.2, 0) is 46.6 Å². The summed E-state index contributed by atoms with van der Waals surface area (Å²) < 4.78 is 14.6. The summed E-state index contributed by atoms with van der Waals surface area (Å²) in [5, 5.41) is 17.2. The minimum absolute atomic E-state index is 0.0939. The lowest BCUT2D eigenvalue weighted by Crippen LogP contribution is -2.26. The van der Waals surface area contributed by atoms with Gasteiger partial charge in [0.2, 0.25) is 0 Å². The Kier molecular flexibility index (Phi) is 12.5. The van der Waals surface area contributed by atoms with Gasteiger partial charge >= 0.3 is 23.9 Å². The van der Waals surface area contributed by atoms with E-state index >= 15 is 0 Å². The number of carbonyl (C=O) groups excluding carboxylic acids is 3. The molecule has 178 valence electrons. The topological polar surface area (TPSA) is 136 Å². The molecule has 0 saturated heterocycles. The second-order valence-corrected chi connectivity index (χ2v) is 6.89. The van der Waals surface area contributed by atoms with Crippen LogP contribution in [0.25, 0.3) is 0 Å². The van der Waals surface area contributed by atoms with Gasteiger partial charge in [0.05, 0.1) is 12.8 Å². The van der Waals surface area contributed by atoms with Crippen molar-refractivity contribution < 1.29 is 43.6 Å². The molecule has 0 aromatic heterocycles. The number of hydrogen-bond acceptors (Lipinski definition) is 8. The number of benzene rings is 2. The predicted molar refractivity (Wildman–Crippen MR) is 117 cm³/mol. The van der Waals surface area contributed by atoms with E-state index in [1.54, 1.807) is 12.1 Å². The van der Waals surface area contributed by atoms with E-state index in [-0.39, 0.29) is 26.1 Å². The van der Waals surface area contributed by atoms with E-state index in [1.807, 2.05) is 48.5 Å². The van der Waals surface area contributed by atoms with Crippen LogP contribution in [0, 0.1) is 0 Å². The molecule has 0 aliphatic rings. The van der Waals surface area contributed by atoms with Crippen molar-refractivity contribution in [2.24, 2.45) is 0 Å². The molecule has 0 amide bonds. The lowest BCUT2D eigenvalue weighted by atomic mass is 10.2. The summed E-state index contributed by atoms with van der Waals surface area (Å²) >= 11 is 0. The van der Waals surface area contributed by atoms with Crippen LogP contribution < -0.4 is 0 Å². The summed E-state index contributed by atoms with van der Waals surface area (Å²) in [4.78, 5) is 43.9. The first-order chi connectivity index (χ1) is 15.7. The second-order valence-electron chi connectivity index (χ2n) is 6.89. The van der Waals surface area contributed by atoms with Crippen molar-refractivity contribution in [3.63, 3.8) is 0 Å². The molecule has 33 heavy (non-hydrogen) atoms. The van der Waals surface area contributed by atoms with Crippen LogP contribution in [0.1, 0.15) is 37.8 Å². The van der Waals surface area contributed by atoms with Crippen molar-refractivity contribution in [2.75, 3.05) is 0 Å². The number of esters is 3. The van der Waals surface area contributed by atoms with Gasteiger partial charge in [0.15, 0.2) is 6.10 Å². The second kappa shape index (κ2) is 15.1. The van der Waals surface area contributed by atoms with Crippen LogP contribution >= 0.6 is 0 Å². The van der Waals surface area contributed by atoms with E-state index in [4.69, 9.17) is 24.4 Å².